The molecule has 0 aliphatic heterocycles. The van der Waals surface area contributed by atoms with E-state index in [-0.39, 0.29) is 19.6 Å². The molecule has 0 aliphatic carbocycles. The van der Waals surface area contributed by atoms with Crippen LogP contribution in [0, 0.1) is 5.92 Å². The average molecular weight is 489 g/mol. The predicted molar refractivity (Wildman–Crippen MR) is 143 cm³/mol. The molecule has 5 nitrogen and oxygen atoms in total. The summed E-state index contributed by atoms with van der Waals surface area (Å²) in [5.74, 6) is -1.51. The molecule has 0 aromatic heterocycles. The first-order valence-electron chi connectivity index (χ1n) is 13.8. The van der Waals surface area contributed by atoms with Gasteiger partial charge >= 0.3 is 11.9 Å². The van der Waals surface area contributed by atoms with Crippen LogP contribution >= 0.6 is 0 Å². The minimum absolute atomic E-state index is 0.106. The summed E-state index contributed by atoms with van der Waals surface area (Å²) in [6.07, 6.45) is 22.5. The van der Waals surface area contributed by atoms with E-state index < -0.39 is 17.9 Å². The monoisotopic (exact) mass is 488 g/mol. The minimum atomic E-state index is -0.965. The molecule has 1 atom stereocenters. The predicted octanol–water partition coefficient (Wildman–Crippen LogP) is 8.13. The van der Waals surface area contributed by atoms with E-state index in [1.54, 1.807) is 0 Å². The number of allylic oxidation sites excluding steroid dienone is 2. The second kappa shape index (κ2) is 22.2. The first-order chi connectivity index (χ1) is 17.1. The van der Waals surface area contributed by atoms with Crippen LogP contribution in [0.3, 0.4) is 0 Å². The van der Waals surface area contributed by atoms with Crippen molar-refractivity contribution in [3.63, 3.8) is 0 Å². The van der Waals surface area contributed by atoms with Crippen molar-refractivity contribution in [2.75, 3.05) is 13.2 Å². The van der Waals surface area contributed by atoms with Crippen LogP contribution < -0.4 is 4.74 Å². The van der Waals surface area contributed by atoms with Gasteiger partial charge < -0.3 is 14.6 Å². The second-order valence-corrected chi connectivity index (χ2v) is 9.36. The molecular weight excluding hydrogens is 440 g/mol. The maximum Gasteiger partial charge on any atom is 0.307 e. The van der Waals surface area contributed by atoms with Gasteiger partial charge in [-0.2, -0.15) is 0 Å². The number of esters is 1. The molecule has 0 spiro atoms. The fourth-order valence-electron chi connectivity index (χ4n) is 4.02. The van der Waals surface area contributed by atoms with Crippen LogP contribution in [0.1, 0.15) is 110 Å². The quantitative estimate of drug-likeness (QED) is 0.0956. The third-order valence-electron chi connectivity index (χ3n) is 6.18. The van der Waals surface area contributed by atoms with E-state index in [0.717, 1.165) is 12.8 Å². The number of carbonyl (C=O) groups excluding carboxylic acids is 1. The molecule has 0 unspecified atom stereocenters. The molecule has 0 fully saturated rings. The van der Waals surface area contributed by atoms with Crippen LogP contribution in [0.15, 0.2) is 42.5 Å². The van der Waals surface area contributed by atoms with Crippen LogP contribution in [0.5, 0.6) is 5.75 Å². The first kappa shape index (κ1) is 30.7. The summed E-state index contributed by atoms with van der Waals surface area (Å²) in [7, 11) is 0. The van der Waals surface area contributed by atoms with Crippen molar-refractivity contribution in [3.8, 4) is 5.75 Å². The van der Waals surface area contributed by atoms with E-state index >= 15 is 0 Å². The number of carboxylic acid groups (broad SMARTS) is 1. The highest BCUT2D eigenvalue weighted by molar-refractivity contribution is 5.78. The molecule has 0 amide bonds. The number of carboxylic acids is 1. The minimum Gasteiger partial charge on any atom is -0.490 e. The Morgan fingerprint density at radius 2 is 1.37 bits per heavy atom. The van der Waals surface area contributed by atoms with Crippen molar-refractivity contribution in [3.05, 3.63) is 42.5 Å². The van der Waals surface area contributed by atoms with Crippen LogP contribution in [-0.2, 0) is 14.3 Å². The molecule has 1 aromatic rings. The molecule has 1 aromatic carbocycles. The largest absolute Gasteiger partial charge is 0.490 e. The Morgan fingerprint density at radius 3 is 1.94 bits per heavy atom. The summed E-state index contributed by atoms with van der Waals surface area (Å²) in [5, 5.41) is 9.40. The fraction of sp³-hybridized carbons (Fsp3) is 0.667. The lowest BCUT2D eigenvalue weighted by molar-refractivity contribution is -0.151. The van der Waals surface area contributed by atoms with Gasteiger partial charge in [0.1, 0.15) is 19.0 Å². The summed E-state index contributed by atoms with van der Waals surface area (Å²) in [6, 6.07) is 9.28. The smallest absolute Gasteiger partial charge is 0.307 e. The normalized spacial score (nSPS) is 12.0. The van der Waals surface area contributed by atoms with Gasteiger partial charge in [0.2, 0.25) is 0 Å². The van der Waals surface area contributed by atoms with Crippen molar-refractivity contribution >= 4 is 11.9 Å². The van der Waals surface area contributed by atoms with Crippen molar-refractivity contribution in [2.24, 2.45) is 5.92 Å². The number of benzene rings is 1. The highest BCUT2D eigenvalue weighted by Gasteiger charge is 2.20. The fourth-order valence-corrected chi connectivity index (χ4v) is 4.02. The number of carbonyl (C=O) groups is 2. The number of hydrogen-bond acceptors (Lipinski definition) is 4. The van der Waals surface area contributed by atoms with E-state index in [4.69, 9.17) is 9.47 Å². The van der Waals surface area contributed by atoms with Gasteiger partial charge in [-0.1, -0.05) is 114 Å². The number of para-hydroxylation sites is 1. The Labute approximate surface area is 213 Å². The Kier molecular flexibility index (Phi) is 19.5. The molecule has 0 aliphatic rings. The van der Waals surface area contributed by atoms with E-state index in [2.05, 4.69) is 6.92 Å². The van der Waals surface area contributed by atoms with Crippen molar-refractivity contribution in [1.29, 1.82) is 0 Å². The van der Waals surface area contributed by atoms with Gasteiger partial charge in [-0.05, 0) is 31.4 Å². The number of hydrogen-bond donors (Lipinski definition) is 1. The van der Waals surface area contributed by atoms with E-state index in [1.807, 2.05) is 42.5 Å². The highest BCUT2D eigenvalue weighted by Crippen LogP contribution is 2.15. The Bertz CT molecular complexity index is 671. The average Bonchev–Trinajstić information content (AvgIpc) is 2.86. The Balaban J connectivity index is 1.99. The molecule has 0 heterocycles. The zero-order valence-corrected chi connectivity index (χ0v) is 21.9. The van der Waals surface area contributed by atoms with E-state index in [9.17, 15) is 14.7 Å². The van der Waals surface area contributed by atoms with Gasteiger partial charge in [-0.3, -0.25) is 9.59 Å². The summed E-state index contributed by atoms with van der Waals surface area (Å²) in [4.78, 5) is 23.5. The molecular formula is C30H48O5. The SMILES string of the molecule is CCCCCCCCCCCCCCC/C=C/C[C@@H](CC(=O)OCCOc1ccccc1)C(=O)O. The zero-order valence-electron chi connectivity index (χ0n) is 21.9. The third kappa shape index (κ3) is 18.7. The van der Waals surface area contributed by atoms with Crippen LogP contribution in [-0.4, -0.2) is 30.3 Å². The lowest BCUT2D eigenvalue weighted by atomic mass is 10.0. The molecule has 0 bridgehead atoms. The molecule has 198 valence electrons. The van der Waals surface area contributed by atoms with Gasteiger partial charge in [0.15, 0.2) is 0 Å². The van der Waals surface area contributed by atoms with E-state index in [0.29, 0.717) is 12.2 Å². The third-order valence-corrected chi connectivity index (χ3v) is 6.18. The van der Waals surface area contributed by atoms with Crippen molar-refractivity contribution < 1.29 is 24.2 Å². The van der Waals surface area contributed by atoms with Crippen LogP contribution in [0.2, 0.25) is 0 Å². The number of ether oxygens (including phenoxy) is 2. The summed E-state index contributed by atoms with van der Waals surface area (Å²) in [6.45, 7) is 2.61. The molecule has 0 saturated carbocycles. The zero-order chi connectivity index (χ0) is 25.4. The van der Waals surface area contributed by atoms with Gasteiger partial charge in [0, 0.05) is 0 Å². The summed E-state index contributed by atoms with van der Waals surface area (Å²) in [5.41, 5.74) is 0. The lowest BCUT2D eigenvalue weighted by Gasteiger charge is -2.10. The van der Waals surface area contributed by atoms with E-state index in [1.165, 1.54) is 77.0 Å². The van der Waals surface area contributed by atoms with Gasteiger partial charge in [-0.25, -0.2) is 0 Å². The van der Waals surface area contributed by atoms with Gasteiger partial charge in [-0.15, -0.1) is 0 Å². The van der Waals surface area contributed by atoms with Crippen molar-refractivity contribution in [1.82, 2.24) is 0 Å². The van der Waals surface area contributed by atoms with Crippen LogP contribution in [0.4, 0.5) is 0 Å². The maximum atomic E-state index is 12.0. The molecule has 1 N–H and O–H groups in total. The lowest BCUT2D eigenvalue weighted by Crippen LogP contribution is -2.20. The van der Waals surface area contributed by atoms with Crippen molar-refractivity contribution in [2.45, 2.75) is 110 Å². The number of rotatable bonds is 23. The summed E-state index contributed by atoms with van der Waals surface area (Å²) < 4.78 is 10.6. The molecule has 0 saturated heterocycles. The Hall–Kier alpha value is -2.30. The van der Waals surface area contributed by atoms with Gasteiger partial charge in [0.05, 0.1) is 12.3 Å². The highest BCUT2D eigenvalue weighted by atomic mass is 16.6. The standard InChI is InChI=1S/C30H48O5/c1-2-3-4-5-6-7-8-9-10-11-12-13-14-15-16-18-21-27(30(32)33)26-29(31)35-25-24-34-28-22-19-17-20-23-28/h16-20,22-23,27H,2-15,21,24-26H2,1H3,(H,32,33)/b18-16+/t27-/m0/s1. The van der Waals surface area contributed by atoms with Gasteiger partial charge in [0.25, 0.3) is 0 Å². The number of aliphatic carboxylic acids is 1. The topological polar surface area (TPSA) is 72.8 Å². The summed E-state index contributed by atoms with van der Waals surface area (Å²) >= 11 is 0. The van der Waals surface area contributed by atoms with Crippen LogP contribution in [0.25, 0.3) is 0 Å². The number of unbranched alkanes of at least 4 members (excludes halogenated alkanes) is 13. The Morgan fingerprint density at radius 1 is 0.800 bits per heavy atom. The molecule has 35 heavy (non-hydrogen) atoms. The second-order valence-electron chi connectivity index (χ2n) is 9.36. The maximum absolute atomic E-state index is 12.0. The molecule has 5 heteroatoms. The molecule has 0 radical (unpaired) electrons. The first-order valence-corrected chi connectivity index (χ1v) is 13.8. The molecule has 1 rings (SSSR count).